The summed E-state index contributed by atoms with van der Waals surface area (Å²) in [6, 6.07) is 16.7. The van der Waals surface area contributed by atoms with Gasteiger partial charge in [0.2, 0.25) is 15.9 Å². The van der Waals surface area contributed by atoms with Crippen LogP contribution in [0.15, 0.2) is 64.4 Å². The molecule has 1 aliphatic heterocycles. The molecule has 1 amide bonds. The first-order chi connectivity index (χ1) is 13.0. The molecular weight excluding hydrogens is 380 g/mol. The van der Waals surface area contributed by atoms with E-state index in [1.54, 1.807) is 47.0 Å². The number of carbonyl (C=O) groups excluding carboxylic acids is 1. The van der Waals surface area contributed by atoms with Crippen LogP contribution in [0.2, 0.25) is 0 Å². The molecule has 5 nitrogen and oxygen atoms in total. The quantitative estimate of drug-likeness (QED) is 0.695. The smallest absolute Gasteiger partial charge is 0.243 e. The number of thioether (sulfide) groups is 1. The predicted octanol–water partition coefficient (Wildman–Crippen LogP) is 3.01. The van der Waals surface area contributed by atoms with E-state index in [4.69, 9.17) is 0 Å². The van der Waals surface area contributed by atoms with Gasteiger partial charge in [0.1, 0.15) is 0 Å². The Labute approximate surface area is 165 Å². The lowest BCUT2D eigenvalue weighted by atomic mass is 10.2. The number of rotatable bonds is 6. The second-order valence-electron chi connectivity index (χ2n) is 6.51. The summed E-state index contributed by atoms with van der Waals surface area (Å²) in [7, 11) is -3.48. The normalized spacial score (nSPS) is 15.7. The van der Waals surface area contributed by atoms with Gasteiger partial charge in [-0.05, 0) is 31.2 Å². The largest absolute Gasteiger partial charge is 0.340 e. The molecule has 0 aromatic heterocycles. The van der Waals surface area contributed by atoms with Crippen LogP contribution >= 0.6 is 11.8 Å². The van der Waals surface area contributed by atoms with Crippen molar-refractivity contribution in [2.75, 3.05) is 31.9 Å². The first-order valence-electron chi connectivity index (χ1n) is 8.99. The van der Waals surface area contributed by atoms with Crippen molar-refractivity contribution in [1.29, 1.82) is 0 Å². The molecule has 0 saturated carbocycles. The summed E-state index contributed by atoms with van der Waals surface area (Å²) in [5, 5.41) is 0. The summed E-state index contributed by atoms with van der Waals surface area (Å²) in [5.41, 5.74) is 1.22. The van der Waals surface area contributed by atoms with Crippen molar-refractivity contribution in [2.45, 2.75) is 23.1 Å². The molecule has 2 aromatic rings. The third-order valence-corrected chi connectivity index (χ3v) is 7.50. The minimum Gasteiger partial charge on any atom is -0.340 e. The fraction of sp³-hybridized carbons (Fsp3) is 0.350. The van der Waals surface area contributed by atoms with Crippen LogP contribution < -0.4 is 0 Å². The maximum Gasteiger partial charge on any atom is 0.243 e. The highest BCUT2D eigenvalue weighted by Gasteiger charge is 2.29. The molecule has 1 heterocycles. The third kappa shape index (κ3) is 5.12. The molecule has 3 rings (SSSR count). The Bertz CT molecular complexity index is 860. The van der Waals surface area contributed by atoms with E-state index in [2.05, 4.69) is 31.2 Å². The molecule has 0 spiro atoms. The van der Waals surface area contributed by atoms with Crippen molar-refractivity contribution in [3.05, 3.63) is 60.2 Å². The van der Waals surface area contributed by atoms with Crippen molar-refractivity contribution < 1.29 is 13.2 Å². The van der Waals surface area contributed by atoms with Gasteiger partial charge in [-0.1, -0.05) is 35.9 Å². The van der Waals surface area contributed by atoms with E-state index in [0.29, 0.717) is 37.5 Å². The summed E-state index contributed by atoms with van der Waals surface area (Å²) in [5.74, 6) is 0.816. The molecule has 0 N–H and O–H groups in total. The van der Waals surface area contributed by atoms with Crippen molar-refractivity contribution >= 4 is 27.7 Å². The van der Waals surface area contributed by atoms with Crippen molar-refractivity contribution in [2.24, 2.45) is 0 Å². The molecule has 7 heteroatoms. The van der Waals surface area contributed by atoms with Gasteiger partial charge >= 0.3 is 0 Å². The van der Waals surface area contributed by atoms with Crippen LogP contribution in [0.25, 0.3) is 0 Å². The zero-order valence-electron chi connectivity index (χ0n) is 15.4. The fourth-order valence-corrected chi connectivity index (χ4v) is 5.25. The lowest BCUT2D eigenvalue weighted by molar-refractivity contribution is -0.131. The van der Waals surface area contributed by atoms with E-state index in [1.807, 2.05) is 0 Å². The van der Waals surface area contributed by atoms with Crippen molar-refractivity contribution in [1.82, 2.24) is 9.21 Å². The molecule has 2 aromatic carbocycles. The van der Waals surface area contributed by atoms with E-state index >= 15 is 0 Å². The van der Waals surface area contributed by atoms with Gasteiger partial charge in [-0.3, -0.25) is 4.79 Å². The fourth-order valence-electron chi connectivity index (χ4n) is 2.97. The third-order valence-electron chi connectivity index (χ3n) is 4.58. The van der Waals surface area contributed by atoms with E-state index in [9.17, 15) is 13.2 Å². The second-order valence-corrected chi connectivity index (χ2v) is 9.62. The minimum absolute atomic E-state index is 0.0892. The van der Waals surface area contributed by atoms with Crippen LogP contribution in [0, 0.1) is 6.92 Å². The molecule has 0 radical (unpaired) electrons. The van der Waals surface area contributed by atoms with Gasteiger partial charge in [0.05, 0.1) is 4.90 Å². The molecule has 0 unspecified atom stereocenters. The molecule has 0 atom stereocenters. The Morgan fingerprint density at radius 1 is 0.963 bits per heavy atom. The lowest BCUT2D eigenvalue weighted by Gasteiger charge is -2.34. The van der Waals surface area contributed by atoms with Crippen LogP contribution in [-0.4, -0.2) is 55.5 Å². The predicted molar refractivity (Wildman–Crippen MR) is 108 cm³/mol. The van der Waals surface area contributed by atoms with Gasteiger partial charge < -0.3 is 4.90 Å². The topological polar surface area (TPSA) is 57.7 Å². The maximum absolute atomic E-state index is 12.6. The summed E-state index contributed by atoms with van der Waals surface area (Å²) >= 11 is 1.67. The van der Waals surface area contributed by atoms with E-state index in [1.165, 1.54) is 9.87 Å². The highest BCUT2D eigenvalue weighted by molar-refractivity contribution is 7.99. The van der Waals surface area contributed by atoms with Gasteiger partial charge in [-0.2, -0.15) is 4.31 Å². The Balaban J connectivity index is 1.47. The highest BCUT2D eigenvalue weighted by Crippen LogP contribution is 2.21. The molecule has 1 aliphatic rings. The van der Waals surface area contributed by atoms with Crippen LogP contribution in [0.4, 0.5) is 0 Å². The number of aryl methyl sites for hydroxylation is 1. The summed E-state index contributed by atoms with van der Waals surface area (Å²) in [6.45, 7) is 3.62. The molecule has 0 aliphatic carbocycles. The lowest BCUT2D eigenvalue weighted by Crippen LogP contribution is -2.50. The molecule has 27 heavy (non-hydrogen) atoms. The standard InChI is InChI=1S/C20H24N2O3S2/c1-17-7-9-18(10-8-17)26-16-11-20(23)21-12-14-22(15-13-21)27(24,25)19-5-3-2-4-6-19/h2-10H,11-16H2,1H3. The van der Waals surface area contributed by atoms with Gasteiger partial charge in [-0.15, -0.1) is 11.8 Å². The van der Waals surface area contributed by atoms with Gasteiger partial charge in [0.15, 0.2) is 0 Å². The zero-order chi connectivity index (χ0) is 19.3. The second kappa shape index (κ2) is 8.91. The van der Waals surface area contributed by atoms with E-state index in [0.717, 1.165) is 10.6 Å². The number of hydrogen-bond acceptors (Lipinski definition) is 4. The molecule has 1 fully saturated rings. The van der Waals surface area contributed by atoms with Crippen molar-refractivity contribution in [3.63, 3.8) is 0 Å². The van der Waals surface area contributed by atoms with Crippen LogP contribution in [0.3, 0.4) is 0 Å². The van der Waals surface area contributed by atoms with Crippen LogP contribution in [0.5, 0.6) is 0 Å². The number of hydrogen-bond donors (Lipinski definition) is 0. The number of nitrogens with zero attached hydrogens (tertiary/aromatic N) is 2. The van der Waals surface area contributed by atoms with Gasteiger partial charge in [0.25, 0.3) is 0 Å². The molecular formula is C20H24N2O3S2. The van der Waals surface area contributed by atoms with Crippen LogP contribution in [-0.2, 0) is 14.8 Å². The SMILES string of the molecule is Cc1ccc(SCCC(=O)N2CCN(S(=O)(=O)c3ccccc3)CC2)cc1. The number of benzene rings is 2. The van der Waals surface area contributed by atoms with E-state index in [-0.39, 0.29) is 5.91 Å². The Kier molecular flexibility index (Phi) is 6.57. The van der Waals surface area contributed by atoms with Gasteiger partial charge in [-0.25, -0.2) is 8.42 Å². The average Bonchev–Trinajstić information content (AvgIpc) is 2.70. The van der Waals surface area contributed by atoms with Gasteiger partial charge in [0, 0.05) is 43.2 Å². The molecule has 144 valence electrons. The summed E-state index contributed by atoms with van der Waals surface area (Å²) < 4.78 is 26.7. The Hall–Kier alpha value is -1.83. The van der Waals surface area contributed by atoms with Crippen LogP contribution in [0.1, 0.15) is 12.0 Å². The summed E-state index contributed by atoms with van der Waals surface area (Å²) in [6.07, 6.45) is 0.462. The number of sulfonamides is 1. The Morgan fingerprint density at radius 3 is 2.22 bits per heavy atom. The molecule has 0 bridgehead atoms. The average molecular weight is 405 g/mol. The first-order valence-corrected chi connectivity index (χ1v) is 11.4. The monoisotopic (exact) mass is 404 g/mol. The minimum atomic E-state index is -3.48. The first kappa shape index (κ1) is 19.9. The number of carbonyl (C=O) groups is 1. The highest BCUT2D eigenvalue weighted by atomic mass is 32.2. The zero-order valence-corrected chi connectivity index (χ0v) is 17.0. The molecule has 1 saturated heterocycles. The summed E-state index contributed by atoms with van der Waals surface area (Å²) in [4.78, 5) is 15.6. The van der Waals surface area contributed by atoms with Crippen molar-refractivity contribution in [3.8, 4) is 0 Å². The van der Waals surface area contributed by atoms with E-state index < -0.39 is 10.0 Å². The number of piperazine rings is 1. The Morgan fingerprint density at radius 2 is 1.59 bits per heavy atom. The number of amides is 1. The maximum atomic E-state index is 12.6.